The Labute approximate surface area is 293 Å². The summed E-state index contributed by atoms with van der Waals surface area (Å²) in [6.45, 7) is 1.86. The minimum Gasteiger partial charge on any atom is -0.489 e. The highest BCUT2D eigenvalue weighted by Crippen LogP contribution is 2.51. The zero-order valence-corrected chi connectivity index (χ0v) is 28.8. The molecule has 0 radical (unpaired) electrons. The van der Waals surface area contributed by atoms with Gasteiger partial charge in [-0.3, -0.25) is 9.59 Å². The third kappa shape index (κ3) is 7.33. The first-order valence-corrected chi connectivity index (χ1v) is 17.6. The van der Waals surface area contributed by atoms with Crippen molar-refractivity contribution in [1.82, 2.24) is 4.90 Å². The Morgan fingerprint density at radius 1 is 0.936 bits per heavy atom. The fraction of sp³-hybridized carbons (Fsp3) is 0.333. The normalized spacial score (nSPS) is 17.8. The van der Waals surface area contributed by atoms with Gasteiger partial charge in [-0.15, -0.1) is 11.3 Å². The van der Waals surface area contributed by atoms with Crippen molar-refractivity contribution in [3.63, 3.8) is 0 Å². The fourth-order valence-electron chi connectivity index (χ4n) is 6.27. The van der Waals surface area contributed by atoms with E-state index in [1.165, 1.54) is 11.3 Å². The van der Waals surface area contributed by atoms with Crippen LogP contribution in [0.2, 0.25) is 15.1 Å². The molecule has 2 saturated heterocycles. The third-order valence-corrected chi connectivity index (χ3v) is 10.8. The summed E-state index contributed by atoms with van der Waals surface area (Å²) in [5.74, 6) is -0.145. The molecule has 0 spiro atoms. The van der Waals surface area contributed by atoms with Crippen molar-refractivity contribution in [2.45, 2.75) is 43.8 Å². The summed E-state index contributed by atoms with van der Waals surface area (Å²) in [5.41, 5.74) is 8.26. The average molecular weight is 714 g/mol. The third-order valence-electron chi connectivity index (χ3n) is 8.84. The summed E-state index contributed by atoms with van der Waals surface area (Å²) in [6.07, 6.45) is 3.47. The zero-order chi connectivity index (χ0) is 33.0. The van der Waals surface area contributed by atoms with Crippen LogP contribution in [0.1, 0.15) is 47.3 Å². The Kier molecular flexibility index (Phi) is 10.8. The van der Waals surface area contributed by atoms with Crippen LogP contribution in [0, 0.1) is 0 Å². The highest BCUT2D eigenvalue weighted by Gasteiger charge is 2.43. The maximum Gasteiger partial charge on any atom is 0.267 e. The highest BCUT2D eigenvalue weighted by atomic mass is 35.5. The number of rotatable bonds is 10. The molecule has 3 heterocycles. The topological polar surface area (TPSA) is 91.1 Å². The van der Waals surface area contributed by atoms with E-state index in [1.807, 2.05) is 48.5 Å². The molecule has 0 bridgehead atoms. The van der Waals surface area contributed by atoms with E-state index in [2.05, 4.69) is 0 Å². The fourth-order valence-corrected chi connectivity index (χ4v) is 8.23. The van der Waals surface area contributed by atoms with Gasteiger partial charge >= 0.3 is 0 Å². The van der Waals surface area contributed by atoms with Gasteiger partial charge in [0.05, 0.1) is 17.0 Å². The minimum absolute atomic E-state index is 0.195. The lowest BCUT2D eigenvalue weighted by Gasteiger charge is -2.40. The van der Waals surface area contributed by atoms with Crippen LogP contribution >= 0.6 is 46.1 Å². The van der Waals surface area contributed by atoms with Gasteiger partial charge in [-0.2, -0.15) is 0 Å². The summed E-state index contributed by atoms with van der Waals surface area (Å²) in [6, 6.07) is 22.3. The molecule has 2 aliphatic heterocycles. The Balaban J connectivity index is 1.36. The monoisotopic (exact) mass is 712 g/mol. The number of nitrogens with zero attached hydrogens (tertiary/aromatic N) is 1. The van der Waals surface area contributed by atoms with Gasteiger partial charge in [0.15, 0.2) is 12.0 Å². The Hall–Kier alpha value is -3.11. The van der Waals surface area contributed by atoms with E-state index in [0.29, 0.717) is 58.2 Å². The quantitative estimate of drug-likeness (QED) is 0.166. The van der Waals surface area contributed by atoms with Crippen LogP contribution in [-0.2, 0) is 19.7 Å². The number of halogens is 3. The molecule has 2 aliphatic rings. The lowest BCUT2D eigenvalue weighted by Crippen LogP contribution is -2.51. The van der Waals surface area contributed by atoms with Gasteiger partial charge < -0.3 is 24.8 Å². The smallest absolute Gasteiger partial charge is 0.267 e. The number of hydrogen-bond acceptors (Lipinski definition) is 6. The van der Waals surface area contributed by atoms with Gasteiger partial charge in [-0.05, 0) is 67.5 Å². The Bertz CT molecular complexity index is 1720. The van der Waals surface area contributed by atoms with Crippen LogP contribution in [0.25, 0.3) is 21.6 Å². The van der Waals surface area contributed by atoms with Gasteiger partial charge in [0.1, 0.15) is 11.5 Å². The second kappa shape index (κ2) is 15.0. The van der Waals surface area contributed by atoms with Crippen LogP contribution in [0.3, 0.4) is 0 Å². The van der Waals surface area contributed by atoms with Crippen LogP contribution in [0.15, 0.2) is 72.8 Å². The summed E-state index contributed by atoms with van der Waals surface area (Å²) >= 11 is 20.6. The number of amides is 2. The first-order chi connectivity index (χ1) is 22.8. The molecule has 0 aliphatic carbocycles. The van der Waals surface area contributed by atoms with Crippen molar-refractivity contribution in [3.8, 4) is 27.3 Å². The summed E-state index contributed by atoms with van der Waals surface area (Å²) in [5, 5.41) is 1.53. The van der Waals surface area contributed by atoms with E-state index in [4.69, 9.17) is 54.7 Å². The average Bonchev–Trinajstić information content (AvgIpc) is 3.46. The van der Waals surface area contributed by atoms with Crippen molar-refractivity contribution in [2.24, 2.45) is 5.73 Å². The molecule has 1 unspecified atom stereocenters. The van der Waals surface area contributed by atoms with E-state index in [9.17, 15) is 9.59 Å². The molecule has 6 rings (SSSR count). The number of carbonyl (C=O) groups excluding carboxylic acids is 2. The first kappa shape index (κ1) is 33.8. The highest BCUT2D eigenvalue weighted by molar-refractivity contribution is 7.18. The number of likely N-dealkylation sites (tertiary alicyclic amines) is 1. The molecule has 2 N–H and O–H groups in total. The number of piperidine rings is 1. The number of ether oxygens (including phenoxy) is 3. The lowest BCUT2D eigenvalue weighted by atomic mass is 9.72. The molecule has 3 aromatic carbocycles. The van der Waals surface area contributed by atoms with Crippen molar-refractivity contribution >= 4 is 58.0 Å². The number of carbonyl (C=O) groups is 2. The van der Waals surface area contributed by atoms with Gasteiger partial charge in [0.25, 0.3) is 5.91 Å². The molecule has 7 nitrogen and oxygen atoms in total. The van der Waals surface area contributed by atoms with E-state index in [1.54, 1.807) is 29.2 Å². The standard InChI is InChI=1S/C36H35Cl3N2O5S/c37-25-11-9-23(10-12-25)30-31(46-21-20-45-29-8-4-5-19-44-29)33(47-32(30)27-14-13-26(38)22-28(27)39)34(42)41-17-15-36(16-18-41,35(40)43)24-6-2-1-3-7-24/h1-3,6-7,9-14,22,29H,4-5,8,15-21H2,(H2,40,43). The van der Waals surface area contributed by atoms with Crippen molar-refractivity contribution in [3.05, 3.63) is 98.3 Å². The predicted octanol–water partition coefficient (Wildman–Crippen LogP) is 8.62. The Morgan fingerprint density at radius 2 is 1.66 bits per heavy atom. The molecule has 2 amide bonds. The Morgan fingerprint density at radius 3 is 2.32 bits per heavy atom. The van der Waals surface area contributed by atoms with Gasteiger partial charge in [-0.1, -0.05) is 83.3 Å². The molecular weight excluding hydrogens is 679 g/mol. The van der Waals surface area contributed by atoms with Gasteiger partial charge in [0.2, 0.25) is 5.91 Å². The predicted molar refractivity (Wildman–Crippen MR) is 188 cm³/mol. The summed E-state index contributed by atoms with van der Waals surface area (Å²) < 4.78 is 18.2. The van der Waals surface area contributed by atoms with E-state index >= 15 is 0 Å². The number of primary amides is 1. The van der Waals surface area contributed by atoms with Gasteiger partial charge in [0, 0.05) is 45.7 Å². The van der Waals surface area contributed by atoms with E-state index in [0.717, 1.165) is 46.4 Å². The zero-order valence-electron chi connectivity index (χ0n) is 25.7. The second-order valence-electron chi connectivity index (χ2n) is 11.7. The van der Waals surface area contributed by atoms with Crippen LogP contribution < -0.4 is 10.5 Å². The van der Waals surface area contributed by atoms with Crippen LogP contribution in [-0.4, -0.2) is 55.9 Å². The SMILES string of the molecule is NC(=O)C1(c2ccccc2)CCN(C(=O)c2sc(-c3ccc(Cl)cc3Cl)c(-c3ccc(Cl)cc3)c2OCCOC2CCCCO2)CC1. The lowest BCUT2D eigenvalue weighted by molar-refractivity contribution is -0.165. The van der Waals surface area contributed by atoms with E-state index in [-0.39, 0.29) is 31.3 Å². The van der Waals surface area contributed by atoms with Gasteiger partial charge in [-0.25, -0.2) is 0 Å². The van der Waals surface area contributed by atoms with E-state index < -0.39 is 5.41 Å². The number of nitrogens with two attached hydrogens (primary N) is 1. The molecule has 246 valence electrons. The van der Waals surface area contributed by atoms with Crippen LogP contribution in [0.4, 0.5) is 0 Å². The minimum atomic E-state index is -0.845. The van der Waals surface area contributed by atoms with Crippen molar-refractivity contribution in [1.29, 1.82) is 0 Å². The second-order valence-corrected chi connectivity index (χ2v) is 14.0. The maximum atomic E-state index is 14.5. The summed E-state index contributed by atoms with van der Waals surface area (Å²) in [7, 11) is 0. The first-order valence-electron chi connectivity index (χ1n) is 15.7. The van der Waals surface area contributed by atoms with Crippen LogP contribution in [0.5, 0.6) is 5.75 Å². The molecule has 11 heteroatoms. The molecule has 4 aromatic rings. The molecule has 1 aromatic heterocycles. The molecule has 1 atom stereocenters. The van der Waals surface area contributed by atoms with Crippen molar-refractivity contribution in [2.75, 3.05) is 32.9 Å². The maximum absolute atomic E-state index is 14.5. The molecule has 47 heavy (non-hydrogen) atoms. The number of benzene rings is 3. The number of thiophene rings is 1. The molecule has 0 saturated carbocycles. The molecule has 2 fully saturated rings. The number of hydrogen-bond donors (Lipinski definition) is 1. The summed E-state index contributed by atoms with van der Waals surface area (Å²) in [4.78, 5) is 30.2. The van der Waals surface area contributed by atoms with Crippen molar-refractivity contribution < 1.29 is 23.8 Å². The molecular formula is C36H35Cl3N2O5S. The largest absolute Gasteiger partial charge is 0.489 e.